The Balaban J connectivity index is 2.07. The van der Waals surface area contributed by atoms with Gasteiger partial charge in [-0.05, 0) is 37.1 Å². The van der Waals surface area contributed by atoms with E-state index in [-0.39, 0.29) is 11.7 Å². The lowest BCUT2D eigenvalue weighted by molar-refractivity contribution is -0.119. The van der Waals surface area contributed by atoms with Gasteiger partial charge in [-0.15, -0.1) is 0 Å². The molecule has 1 aromatic carbocycles. The molecular weight excluding hydrogens is 195 g/mol. The molecule has 2 rings (SSSR count). The maximum absolute atomic E-state index is 12.6. The molecule has 0 radical (unpaired) electrons. The summed E-state index contributed by atoms with van der Waals surface area (Å²) in [6.45, 7) is 0. The summed E-state index contributed by atoms with van der Waals surface area (Å²) in [5.41, 5.74) is -0.322. The van der Waals surface area contributed by atoms with E-state index in [0.29, 0.717) is 18.5 Å². The Morgan fingerprint density at radius 3 is 2.47 bits per heavy atom. The Labute approximate surface area is 86.5 Å². The molecule has 0 bridgehead atoms. The van der Waals surface area contributed by atoms with Crippen LogP contribution in [0.4, 0.5) is 10.1 Å². The molecule has 0 saturated heterocycles. The first kappa shape index (κ1) is 9.66. The Bertz CT molecular complexity index is 429. The van der Waals surface area contributed by atoms with Gasteiger partial charge in [0.05, 0.1) is 6.07 Å². The molecule has 0 aromatic heterocycles. The number of benzene rings is 1. The lowest BCUT2D eigenvalue weighted by atomic mass is 10.1. The zero-order valence-corrected chi connectivity index (χ0v) is 7.96. The van der Waals surface area contributed by atoms with Crippen LogP contribution in [0.5, 0.6) is 0 Å². The predicted molar refractivity (Wildman–Crippen MR) is 52.3 cm³/mol. The van der Waals surface area contributed by atoms with Crippen molar-refractivity contribution in [3.63, 3.8) is 0 Å². The zero-order chi connectivity index (χ0) is 10.9. The third-order valence-electron chi connectivity index (χ3n) is 2.50. The average molecular weight is 204 g/mol. The highest BCUT2D eigenvalue weighted by molar-refractivity contribution is 5.99. The van der Waals surface area contributed by atoms with Crippen LogP contribution < -0.4 is 5.32 Å². The average Bonchev–Trinajstić information content (AvgIpc) is 3.02. The Kier molecular flexibility index (Phi) is 2.16. The molecule has 76 valence electrons. The van der Waals surface area contributed by atoms with Gasteiger partial charge in [0.15, 0.2) is 0 Å². The smallest absolute Gasteiger partial charge is 0.244 e. The summed E-state index contributed by atoms with van der Waals surface area (Å²) in [7, 11) is 0. The molecule has 3 nitrogen and oxygen atoms in total. The van der Waals surface area contributed by atoms with E-state index in [1.165, 1.54) is 24.3 Å². The second kappa shape index (κ2) is 3.35. The lowest BCUT2D eigenvalue weighted by Crippen LogP contribution is -2.22. The van der Waals surface area contributed by atoms with Crippen LogP contribution in [0.2, 0.25) is 0 Å². The van der Waals surface area contributed by atoms with E-state index in [0.717, 1.165) is 0 Å². The van der Waals surface area contributed by atoms with Crippen molar-refractivity contribution in [2.24, 2.45) is 5.41 Å². The zero-order valence-electron chi connectivity index (χ0n) is 7.96. The normalized spacial score (nSPS) is 16.5. The van der Waals surface area contributed by atoms with Gasteiger partial charge in [-0.2, -0.15) is 5.26 Å². The number of rotatable bonds is 2. The molecule has 15 heavy (non-hydrogen) atoms. The number of halogens is 1. The molecule has 0 heterocycles. The van der Waals surface area contributed by atoms with Gasteiger partial charge in [-0.3, -0.25) is 4.79 Å². The van der Waals surface area contributed by atoms with Crippen LogP contribution in [0.15, 0.2) is 24.3 Å². The monoisotopic (exact) mass is 204 g/mol. The second-order valence-corrected chi connectivity index (χ2v) is 3.65. The topological polar surface area (TPSA) is 52.9 Å². The first-order valence-electron chi connectivity index (χ1n) is 4.65. The van der Waals surface area contributed by atoms with Crippen LogP contribution in [0, 0.1) is 22.6 Å². The van der Waals surface area contributed by atoms with Crippen molar-refractivity contribution in [1.29, 1.82) is 5.26 Å². The fourth-order valence-electron chi connectivity index (χ4n) is 1.30. The van der Waals surface area contributed by atoms with Crippen LogP contribution in [-0.4, -0.2) is 5.91 Å². The van der Waals surface area contributed by atoms with Gasteiger partial charge in [0.1, 0.15) is 11.2 Å². The van der Waals surface area contributed by atoms with Crippen LogP contribution in [0.25, 0.3) is 0 Å². The van der Waals surface area contributed by atoms with Crippen molar-refractivity contribution in [2.45, 2.75) is 12.8 Å². The standard InChI is InChI=1S/C11H9FN2O/c12-8-1-3-9(4-2-8)14-10(15)11(7-13)5-6-11/h1-4H,5-6H2,(H,14,15). The molecule has 1 N–H and O–H groups in total. The van der Waals surface area contributed by atoms with Crippen LogP contribution in [-0.2, 0) is 4.79 Å². The molecule has 1 aromatic rings. The van der Waals surface area contributed by atoms with Crippen LogP contribution >= 0.6 is 0 Å². The minimum atomic E-state index is -0.839. The number of amides is 1. The fraction of sp³-hybridized carbons (Fsp3) is 0.273. The summed E-state index contributed by atoms with van der Waals surface area (Å²) in [6.07, 6.45) is 1.22. The van der Waals surface area contributed by atoms with Gasteiger partial charge >= 0.3 is 0 Å². The molecule has 0 atom stereocenters. The van der Waals surface area contributed by atoms with Crippen LogP contribution in [0.3, 0.4) is 0 Å². The number of hydrogen-bond acceptors (Lipinski definition) is 2. The molecule has 1 saturated carbocycles. The van der Waals surface area contributed by atoms with Gasteiger partial charge in [0.2, 0.25) is 5.91 Å². The minimum Gasteiger partial charge on any atom is -0.325 e. The van der Waals surface area contributed by atoms with Gasteiger partial charge in [-0.1, -0.05) is 0 Å². The van der Waals surface area contributed by atoms with E-state index in [2.05, 4.69) is 5.32 Å². The molecule has 1 aliphatic carbocycles. The number of carbonyl (C=O) groups is 1. The number of nitrogens with one attached hydrogen (secondary N) is 1. The first-order valence-corrected chi connectivity index (χ1v) is 4.65. The fourth-order valence-corrected chi connectivity index (χ4v) is 1.30. The molecule has 0 aliphatic heterocycles. The minimum absolute atomic E-state index is 0.295. The number of nitriles is 1. The summed E-state index contributed by atoms with van der Waals surface area (Å²) < 4.78 is 12.6. The van der Waals surface area contributed by atoms with Gasteiger partial charge in [-0.25, -0.2) is 4.39 Å². The maximum atomic E-state index is 12.6. The number of anilines is 1. The molecule has 1 fully saturated rings. The van der Waals surface area contributed by atoms with Crippen molar-refractivity contribution >= 4 is 11.6 Å². The molecule has 1 amide bonds. The Morgan fingerprint density at radius 2 is 2.00 bits per heavy atom. The highest BCUT2D eigenvalue weighted by Crippen LogP contribution is 2.45. The highest BCUT2D eigenvalue weighted by atomic mass is 19.1. The van der Waals surface area contributed by atoms with Gasteiger partial charge in [0, 0.05) is 5.69 Å². The molecule has 0 spiro atoms. The third-order valence-corrected chi connectivity index (χ3v) is 2.50. The van der Waals surface area contributed by atoms with Crippen molar-refractivity contribution in [3.05, 3.63) is 30.1 Å². The van der Waals surface area contributed by atoms with E-state index in [4.69, 9.17) is 5.26 Å². The lowest BCUT2D eigenvalue weighted by Gasteiger charge is -2.07. The van der Waals surface area contributed by atoms with E-state index >= 15 is 0 Å². The Morgan fingerprint density at radius 1 is 1.40 bits per heavy atom. The summed E-state index contributed by atoms with van der Waals surface area (Å²) in [5.74, 6) is -0.647. The van der Waals surface area contributed by atoms with Crippen molar-refractivity contribution < 1.29 is 9.18 Å². The summed E-state index contributed by atoms with van der Waals surface area (Å²) in [6, 6.07) is 7.47. The number of nitrogens with zero attached hydrogens (tertiary/aromatic N) is 1. The molecule has 0 unspecified atom stereocenters. The molecular formula is C11H9FN2O. The van der Waals surface area contributed by atoms with Gasteiger partial charge in [0.25, 0.3) is 0 Å². The molecule has 4 heteroatoms. The van der Waals surface area contributed by atoms with E-state index in [1.54, 1.807) is 0 Å². The van der Waals surface area contributed by atoms with Crippen molar-refractivity contribution in [2.75, 3.05) is 5.32 Å². The number of carbonyl (C=O) groups excluding carboxylic acids is 1. The quantitative estimate of drug-likeness (QED) is 0.801. The predicted octanol–water partition coefficient (Wildman–Crippen LogP) is 2.07. The van der Waals surface area contributed by atoms with Crippen molar-refractivity contribution in [1.82, 2.24) is 0 Å². The summed E-state index contributed by atoms with van der Waals surface area (Å²) >= 11 is 0. The summed E-state index contributed by atoms with van der Waals surface area (Å²) in [4.78, 5) is 11.6. The number of hydrogen-bond donors (Lipinski definition) is 1. The maximum Gasteiger partial charge on any atom is 0.244 e. The second-order valence-electron chi connectivity index (χ2n) is 3.65. The SMILES string of the molecule is N#CC1(C(=O)Nc2ccc(F)cc2)CC1. The Hall–Kier alpha value is -1.89. The summed E-state index contributed by atoms with van der Waals surface area (Å²) in [5, 5.41) is 11.4. The molecule has 1 aliphatic rings. The van der Waals surface area contributed by atoms with Crippen LogP contribution in [0.1, 0.15) is 12.8 Å². The van der Waals surface area contributed by atoms with Crippen molar-refractivity contribution in [3.8, 4) is 6.07 Å². The van der Waals surface area contributed by atoms with E-state index in [1.807, 2.05) is 6.07 Å². The highest BCUT2D eigenvalue weighted by Gasteiger charge is 2.50. The van der Waals surface area contributed by atoms with E-state index in [9.17, 15) is 9.18 Å². The van der Waals surface area contributed by atoms with E-state index < -0.39 is 5.41 Å². The first-order chi connectivity index (χ1) is 7.16. The largest absolute Gasteiger partial charge is 0.325 e. The third kappa shape index (κ3) is 1.82. The van der Waals surface area contributed by atoms with Gasteiger partial charge < -0.3 is 5.32 Å².